The summed E-state index contributed by atoms with van der Waals surface area (Å²) in [6.45, 7) is 1.46. The Bertz CT molecular complexity index is 665. The van der Waals surface area contributed by atoms with Gasteiger partial charge in [0.05, 0.1) is 18.8 Å². The van der Waals surface area contributed by atoms with Crippen molar-refractivity contribution in [2.45, 2.75) is 6.54 Å². The Morgan fingerprint density at radius 3 is 2.67 bits per heavy atom. The second-order valence-corrected chi connectivity index (χ2v) is 6.27. The molecule has 0 amide bonds. The van der Waals surface area contributed by atoms with Gasteiger partial charge in [-0.1, -0.05) is 18.2 Å². The van der Waals surface area contributed by atoms with E-state index >= 15 is 0 Å². The summed E-state index contributed by atoms with van der Waals surface area (Å²) in [5.74, 6) is 0. The molecule has 0 saturated carbocycles. The minimum absolute atomic E-state index is 0.135. The number of aliphatic hydroxyl groups excluding tert-OH is 1. The fraction of sp³-hybridized carbons (Fsp3) is 0.188. The molecule has 0 aliphatic carbocycles. The quantitative estimate of drug-likeness (QED) is 0.750. The Hall–Kier alpha value is -1.69. The minimum atomic E-state index is 0.135. The van der Waals surface area contributed by atoms with Gasteiger partial charge in [0.25, 0.3) is 0 Å². The molecule has 1 N–H and O–H groups in total. The predicted octanol–water partition coefficient (Wildman–Crippen LogP) is 3.87. The van der Waals surface area contributed by atoms with E-state index in [1.807, 2.05) is 18.2 Å². The highest BCUT2D eigenvalue weighted by atomic mass is 32.1. The van der Waals surface area contributed by atoms with Gasteiger partial charge in [0, 0.05) is 28.6 Å². The van der Waals surface area contributed by atoms with E-state index < -0.39 is 0 Å². The standard InChI is InChI=1S/C16H16N2OS2/c19-8-7-18(15-4-2-1-3-5-15)10-14-12-21-16(17-14)13-6-9-20-11-13/h1-6,9,11-12,19H,7-8,10H2. The molecule has 0 spiro atoms. The van der Waals surface area contributed by atoms with Crippen LogP contribution in [0.4, 0.5) is 5.69 Å². The molecule has 3 nitrogen and oxygen atoms in total. The van der Waals surface area contributed by atoms with Crippen molar-refractivity contribution in [3.8, 4) is 10.6 Å². The van der Waals surface area contributed by atoms with Gasteiger partial charge in [0.2, 0.25) is 0 Å². The average molecular weight is 316 g/mol. The molecule has 3 aromatic rings. The number of thiophene rings is 1. The molecule has 1 aromatic carbocycles. The number of anilines is 1. The van der Waals surface area contributed by atoms with Crippen LogP contribution >= 0.6 is 22.7 Å². The lowest BCUT2D eigenvalue weighted by Gasteiger charge is -2.22. The number of thiazole rings is 1. The molecule has 3 rings (SSSR count). The summed E-state index contributed by atoms with van der Waals surface area (Å²) in [5.41, 5.74) is 3.33. The van der Waals surface area contributed by atoms with Crippen LogP contribution in [0.15, 0.2) is 52.5 Å². The van der Waals surface area contributed by atoms with Crippen LogP contribution in [0.1, 0.15) is 5.69 Å². The molecule has 5 heteroatoms. The molecule has 0 aliphatic heterocycles. The summed E-state index contributed by atoms with van der Waals surface area (Å²) < 4.78 is 0. The van der Waals surface area contributed by atoms with Crippen molar-refractivity contribution in [2.75, 3.05) is 18.1 Å². The molecule has 2 heterocycles. The van der Waals surface area contributed by atoms with Gasteiger partial charge in [-0.05, 0) is 23.6 Å². The van der Waals surface area contributed by atoms with E-state index in [-0.39, 0.29) is 6.61 Å². The van der Waals surface area contributed by atoms with Gasteiger partial charge in [-0.2, -0.15) is 11.3 Å². The Kier molecular flexibility index (Phi) is 4.65. The first-order valence-electron chi connectivity index (χ1n) is 6.74. The molecular formula is C16H16N2OS2. The Balaban J connectivity index is 1.77. The van der Waals surface area contributed by atoms with Gasteiger partial charge in [-0.15, -0.1) is 11.3 Å². The van der Waals surface area contributed by atoms with Crippen LogP contribution in [0.5, 0.6) is 0 Å². The molecule has 0 fully saturated rings. The third-order valence-corrected chi connectivity index (χ3v) is 4.79. The van der Waals surface area contributed by atoms with E-state index in [0.717, 1.165) is 16.4 Å². The lowest BCUT2D eigenvalue weighted by atomic mass is 10.2. The van der Waals surface area contributed by atoms with Crippen molar-refractivity contribution in [3.05, 3.63) is 58.2 Å². The predicted molar refractivity (Wildman–Crippen MR) is 90.0 cm³/mol. The lowest BCUT2D eigenvalue weighted by Crippen LogP contribution is -2.26. The van der Waals surface area contributed by atoms with Gasteiger partial charge in [0.1, 0.15) is 5.01 Å². The number of aliphatic hydroxyl groups is 1. The third-order valence-electron chi connectivity index (χ3n) is 3.16. The first kappa shape index (κ1) is 14.3. The Morgan fingerprint density at radius 2 is 1.95 bits per heavy atom. The molecule has 108 valence electrons. The Morgan fingerprint density at radius 1 is 1.10 bits per heavy atom. The highest BCUT2D eigenvalue weighted by Gasteiger charge is 2.10. The van der Waals surface area contributed by atoms with Crippen molar-refractivity contribution in [1.29, 1.82) is 0 Å². The van der Waals surface area contributed by atoms with E-state index in [9.17, 15) is 5.11 Å². The van der Waals surface area contributed by atoms with Crippen LogP contribution in [-0.2, 0) is 6.54 Å². The molecule has 0 atom stereocenters. The van der Waals surface area contributed by atoms with Gasteiger partial charge in [-0.25, -0.2) is 4.98 Å². The molecule has 21 heavy (non-hydrogen) atoms. The fourth-order valence-corrected chi connectivity index (χ4v) is 3.68. The van der Waals surface area contributed by atoms with Crippen LogP contribution in [0.2, 0.25) is 0 Å². The van der Waals surface area contributed by atoms with Crippen LogP contribution < -0.4 is 4.90 Å². The topological polar surface area (TPSA) is 36.4 Å². The van der Waals surface area contributed by atoms with Crippen molar-refractivity contribution in [1.82, 2.24) is 4.98 Å². The van der Waals surface area contributed by atoms with E-state index in [1.54, 1.807) is 22.7 Å². The average Bonchev–Trinajstić information content (AvgIpc) is 3.19. The van der Waals surface area contributed by atoms with Gasteiger partial charge < -0.3 is 10.0 Å². The van der Waals surface area contributed by atoms with Crippen LogP contribution in [0, 0.1) is 0 Å². The summed E-state index contributed by atoms with van der Waals surface area (Å²) in [4.78, 5) is 6.85. The van der Waals surface area contributed by atoms with Crippen LogP contribution in [0.3, 0.4) is 0 Å². The maximum atomic E-state index is 9.27. The van der Waals surface area contributed by atoms with Crippen molar-refractivity contribution >= 4 is 28.4 Å². The van der Waals surface area contributed by atoms with Gasteiger partial charge in [0.15, 0.2) is 0 Å². The Labute approximate surface area is 132 Å². The smallest absolute Gasteiger partial charge is 0.124 e. The number of para-hydroxylation sites is 1. The van der Waals surface area contributed by atoms with Gasteiger partial charge in [-0.3, -0.25) is 0 Å². The summed E-state index contributed by atoms with van der Waals surface area (Å²) >= 11 is 3.35. The third kappa shape index (κ3) is 3.50. The minimum Gasteiger partial charge on any atom is -0.395 e. The molecule has 0 saturated heterocycles. The van der Waals surface area contributed by atoms with Crippen molar-refractivity contribution in [2.24, 2.45) is 0 Å². The first-order valence-corrected chi connectivity index (χ1v) is 8.57. The summed E-state index contributed by atoms with van der Waals surface area (Å²) in [6.07, 6.45) is 0. The number of hydrogen-bond donors (Lipinski definition) is 1. The SMILES string of the molecule is OCCN(Cc1csc(-c2ccsc2)n1)c1ccccc1. The van der Waals surface area contributed by atoms with E-state index in [4.69, 9.17) is 4.98 Å². The van der Waals surface area contributed by atoms with Crippen LogP contribution in [-0.4, -0.2) is 23.2 Å². The van der Waals surface area contributed by atoms with E-state index in [0.29, 0.717) is 13.1 Å². The largest absolute Gasteiger partial charge is 0.395 e. The second kappa shape index (κ2) is 6.85. The fourth-order valence-electron chi connectivity index (χ4n) is 2.15. The normalized spacial score (nSPS) is 10.7. The lowest BCUT2D eigenvalue weighted by molar-refractivity contribution is 0.301. The highest BCUT2D eigenvalue weighted by Crippen LogP contribution is 2.26. The zero-order valence-electron chi connectivity index (χ0n) is 11.5. The summed E-state index contributed by atoms with van der Waals surface area (Å²) in [7, 11) is 0. The molecular weight excluding hydrogens is 300 g/mol. The molecule has 0 bridgehead atoms. The number of nitrogens with zero attached hydrogens (tertiary/aromatic N) is 2. The zero-order chi connectivity index (χ0) is 14.5. The second-order valence-electron chi connectivity index (χ2n) is 4.64. The number of rotatable bonds is 6. The van der Waals surface area contributed by atoms with E-state index in [1.165, 1.54) is 5.56 Å². The first-order chi connectivity index (χ1) is 10.4. The monoisotopic (exact) mass is 316 g/mol. The zero-order valence-corrected chi connectivity index (χ0v) is 13.1. The number of benzene rings is 1. The molecule has 0 unspecified atom stereocenters. The maximum absolute atomic E-state index is 9.27. The van der Waals surface area contributed by atoms with E-state index in [2.05, 4.69) is 39.2 Å². The summed E-state index contributed by atoms with van der Waals surface area (Å²) in [6, 6.07) is 12.2. The maximum Gasteiger partial charge on any atom is 0.124 e. The molecule has 0 aliphatic rings. The van der Waals surface area contributed by atoms with Crippen molar-refractivity contribution < 1.29 is 5.11 Å². The molecule has 0 radical (unpaired) electrons. The van der Waals surface area contributed by atoms with Crippen LogP contribution in [0.25, 0.3) is 10.6 Å². The highest BCUT2D eigenvalue weighted by molar-refractivity contribution is 7.14. The molecule has 2 aromatic heterocycles. The van der Waals surface area contributed by atoms with Gasteiger partial charge >= 0.3 is 0 Å². The number of aromatic nitrogens is 1. The summed E-state index contributed by atoms with van der Waals surface area (Å²) in [5, 5.41) is 16.6. The van der Waals surface area contributed by atoms with Crippen molar-refractivity contribution in [3.63, 3.8) is 0 Å². The number of hydrogen-bond acceptors (Lipinski definition) is 5.